The number of carbonyl (C=O) groups is 2. The van der Waals surface area contributed by atoms with Crippen LogP contribution in [0.5, 0.6) is 0 Å². The molecule has 1 atom stereocenters. The average molecular weight is 382 g/mol. The highest BCUT2D eigenvalue weighted by atomic mass is 16.5. The fourth-order valence-corrected chi connectivity index (χ4v) is 3.49. The maximum absolute atomic E-state index is 12.6. The number of carbonyl (C=O) groups excluding carboxylic acids is 2. The van der Waals surface area contributed by atoms with Crippen molar-refractivity contribution in [2.75, 3.05) is 13.1 Å². The molecule has 0 saturated carbocycles. The highest BCUT2D eigenvalue weighted by Gasteiger charge is 2.38. The van der Waals surface area contributed by atoms with Gasteiger partial charge in [0.05, 0.1) is 24.8 Å². The number of hydrazone groups is 1. The first-order valence-corrected chi connectivity index (χ1v) is 9.31. The van der Waals surface area contributed by atoms with Crippen LogP contribution in [0.4, 0.5) is 4.79 Å². The summed E-state index contributed by atoms with van der Waals surface area (Å²) < 4.78 is 5.01. The van der Waals surface area contributed by atoms with Crippen molar-refractivity contribution in [3.8, 4) is 0 Å². The summed E-state index contributed by atoms with van der Waals surface area (Å²) in [6, 6.07) is 7.35. The molecule has 146 valence electrons. The predicted molar refractivity (Wildman–Crippen MR) is 100 cm³/mol. The molecule has 0 bridgehead atoms. The molecule has 9 heteroatoms. The SMILES string of the molecule is Cc1ccc(C2=NN(C(=O)NCc3nc(C)no3)CC2N2CCCC2=O)cc1. The summed E-state index contributed by atoms with van der Waals surface area (Å²) in [6.45, 7) is 4.86. The van der Waals surface area contributed by atoms with E-state index in [2.05, 4.69) is 20.6 Å². The van der Waals surface area contributed by atoms with E-state index in [9.17, 15) is 9.59 Å². The molecule has 2 aromatic rings. The van der Waals surface area contributed by atoms with Crippen LogP contribution in [0.15, 0.2) is 33.9 Å². The molecule has 1 N–H and O–H groups in total. The topological polar surface area (TPSA) is 104 Å². The van der Waals surface area contributed by atoms with E-state index in [0.717, 1.165) is 23.3 Å². The van der Waals surface area contributed by atoms with Gasteiger partial charge in [-0.3, -0.25) is 4.79 Å². The fourth-order valence-electron chi connectivity index (χ4n) is 3.49. The molecule has 0 radical (unpaired) electrons. The molecule has 0 aliphatic carbocycles. The Kier molecular flexibility index (Phi) is 4.81. The predicted octanol–water partition coefficient (Wildman–Crippen LogP) is 1.61. The molecular weight excluding hydrogens is 360 g/mol. The number of rotatable bonds is 4. The zero-order valence-corrected chi connectivity index (χ0v) is 15.9. The summed E-state index contributed by atoms with van der Waals surface area (Å²) in [5.74, 6) is 0.949. The van der Waals surface area contributed by atoms with Crippen molar-refractivity contribution in [3.63, 3.8) is 0 Å². The first-order valence-electron chi connectivity index (χ1n) is 9.31. The molecule has 9 nitrogen and oxygen atoms in total. The van der Waals surface area contributed by atoms with Crippen LogP contribution < -0.4 is 5.32 Å². The summed E-state index contributed by atoms with van der Waals surface area (Å²) in [5.41, 5.74) is 2.79. The Morgan fingerprint density at radius 3 is 2.71 bits per heavy atom. The quantitative estimate of drug-likeness (QED) is 0.865. The van der Waals surface area contributed by atoms with E-state index in [4.69, 9.17) is 4.52 Å². The van der Waals surface area contributed by atoms with Crippen molar-refractivity contribution in [3.05, 3.63) is 47.1 Å². The zero-order valence-electron chi connectivity index (χ0n) is 15.9. The van der Waals surface area contributed by atoms with Crippen molar-refractivity contribution in [1.82, 2.24) is 25.4 Å². The number of aryl methyl sites for hydroxylation is 2. The molecule has 28 heavy (non-hydrogen) atoms. The highest BCUT2D eigenvalue weighted by Crippen LogP contribution is 2.24. The maximum Gasteiger partial charge on any atom is 0.338 e. The third-order valence-corrected chi connectivity index (χ3v) is 4.92. The van der Waals surface area contributed by atoms with Gasteiger partial charge in [-0.25, -0.2) is 9.80 Å². The number of amides is 3. The van der Waals surface area contributed by atoms with Crippen molar-refractivity contribution in [2.45, 2.75) is 39.3 Å². The van der Waals surface area contributed by atoms with Gasteiger partial charge in [0.25, 0.3) is 0 Å². The van der Waals surface area contributed by atoms with Crippen LogP contribution >= 0.6 is 0 Å². The summed E-state index contributed by atoms with van der Waals surface area (Å²) in [6.07, 6.45) is 1.37. The van der Waals surface area contributed by atoms with Crippen LogP contribution in [0, 0.1) is 13.8 Å². The molecule has 2 aliphatic rings. The van der Waals surface area contributed by atoms with Crippen LogP contribution in [-0.4, -0.2) is 56.8 Å². The van der Waals surface area contributed by atoms with Gasteiger partial charge in [0.1, 0.15) is 0 Å². The Balaban J connectivity index is 1.53. The number of benzene rings is 1. The van der Waals surface area contributed by atoms with Gasteiger partial charge < -0.3 is 14.7 Å². The number of likely N-dealkylation sites (tertiary alicyclic amines) is 1. The van der Waals surface area contributed by atoms with E-state index >= 15 is 0 Å². The van der Waals surface area contributed by atoms with Crippen molar-refractivity contribution >= 4 is 17.6 Å². The monoisotopic (exact) mass is 382 g/mol. The average Bonchev–Trinajstić information content (AvgIpc) is 3.40. The van der Waals surface area contributed by atoms with Gasteiger partial charge in [-0.1, -0.05) is 35.0 Å². The second-order valence-electron chi connectivity index (χ2n) is 7.03. The number of aromatic nitrogens is 2. The Hall–Kier alpha value is -3.23. The molecule has 1 aromatic carbocycles. The van der Waals surface area contributed by atoms with E-state index in [-0.39, 0.29) is 24.5 Å². The molecular formula is C19H22N6O3. The van der Waals surface area contributed by atoms with E-state index in [0.29, 0.717) is 31.2 Å². The fraction of sp³-hybridized carbons (Fsp3) is 0.421. The van der Waals surface area contributed by atoms with Gasteiger partial charge in [0, 0.05) is 13.0 Å². The summed E-state index contributed by atoms with van der Waals surface area (Å²) in [7, 11) is 0. The maximum atomic E-state index is 12.6. The van der Waals surface area contributed by atoms with Crippen LogP contribution in [0.25, 0.3) is 0 Å². The van der Waals surface area contributed by atoms with Crippen LogP contribution in [0.2, 0.25) is 0 Å². The molecule has 1 saturated heterocycles. The van der Waals surface area contributed by atoms with Crippen LogP contribution in [0.1, 0.15) is 35.7 Å². The molecule has 0 spiro atoms. The lowest BCUT2D eigenvalue weighted by Crippen LogP contribution is -2.45. The molecule has 1 fully saturated rings. The van der Waals surface area contributed by atoms with Gasteiger partial charge in [0.15, 0.2) is 5.82 Å². The van der Waals surface area contributed by atoms with Gasteiger partial charge in [-0.05, 0) is 25.8 Å². The normalized spacial score (nSPS) is 19.3. The molecule has 1 unspecified atom stereocenters. The first-order chi connectivity index (χ1) is 13.5. The Labute approximate surface area is 162 Å². The molecule has 3 amide bonds. The van der Waals surface area contributed by atoms with Gasteiger partial charge in [-0.2, -0.15) is 10.1 Å². The number of hydrogen-bond donors (Lipinski definition) is 1. The van der Waals surface area contributed by atoms with Gasteiger partial charge >= 0.3 is 6.03 Å². The lowest BCUT2D eigenvalue weighted by atomic mass is 10.0. The third kappa shape index (κ3) is 3.60. The molecule has 1 aromatic heterocycles. The molecule has 3 heterocycles. The van der Waals surface area contributed by atoms with Crippen LogP contribution in [-0.2, 0) is 11.3 Å². The Morgan fingerprint density at radius 2 is 2.07 bits per heavy atom. The van der Waals surface area contributed by atoms with Gasteiger partial charge in [-0.15, -0.1) is 0 Å². The first kappa shape index (κ1) is 18.1. The largest absolute Gasteiger partial charge is 0.338 e. The summed E-state index contributed by atoms with van der Waals surface area (Å²) >= 11 is 0. The van der Waals surface area contributed by atoms with E-state index in [1.54, 1.807) is 6.92 Å². The van der Waals surface area contributed by atoms with E-state index < -0.39 is 0 Å². The molecule has 4 rings (SSSR count). The van der Waals surface area contributed by atoms with Crippen molar-refractivity contribution < 1.29 is 14.1 Å². The van der Waals surface area contributed by atoms with E-state index in [1.165, 1.54) is 5.01 Å². The van der Waals surface area contributed by atoms with Crippen molar-refractivity contribution in [1.29, 1.82) is 0 Å². The second kappa shape index (κ2) is 7.41. The second-order valence-corrected chi connectivity index (χ2v) is 7.03. The minimum atomic E-state index is -0.366. The number of nitrogens with one attached hydrogen (secondary N) is 1. The standard InChI is InChI=1S/C19H22N6O3/c1-12-5-7-14(8-6-12)18-15(24-9-3-4-17(24)26)11-25(22-18)19(27)20-10-16-21-13(2)23-28-16/h5-8,15H,3-4,9-11H2,1-2H3,(H,20,27). The minimum Gasteiger partial charge on any atom is -0.337 e. The molecule has 2 aliphatic heterocycles. The lowest BCUT2D eigenvalue weighted by molar-refractivity contribution is -0.128. The van der Waals surface area contributed by atoms with Gasteiger partial charge in [0.2, 0.25) is 11.8 Å². The third-order valence-electron chi connectivity index (χ3n) is 4.92. The summed E-state index contributed by atoms with van der Waals surface area (Å²) in [5, 5.41) is 12.4. The number of nitrogens with zero attached hydrogens (tertiary/aromatic N) is 5. The number of hydrogen-bond acceptors (Lipinski definition) is 6. The Bertz CT molecular complexity index is 920. The minimum absolute atomic E-state index is 0.105. The Morgan fingerprint density at radius 1 is 1.29 bits per heavy atom. The lowest BCUT2D eigenvalue weighted by Gasteiger charge is -2.25. The number of urea groups is 1. The van der Waals surface area contributed by atoms with Crippen LogP contribution in [0.3, 0.4) is 0 Å². The smallest absolute Gasteiger partial charge is 0.337 e. The van der Waals surface area contributed by atoms with E-state index in [1.807, 2.05) is 36.1 Å². The highest BCUT2D eigenvalue weighted by molar-refractivity contribution is 6.08. The summed E-state index contributed by atoms with van der Waals surface area (Å²) in [4.78, 5) is 30.8. The zero-order chi connectivity index (χ0) is 19.7. The van der Waals surface area contributed by atoms with Crippen molar-refractivity contribution in [2.24, 2.45) is 5.10 Å².